The van der Waals surface area contributed by atoms with Crippen molar-refractivity contribution in [3.05, 3.63) is 98.5 Å². The number of nitro benzene ring substituents is 1. The highest BCUT2D eigenvalue weighted by Gasteiger charge is 2.28. The quantitative estimate of drug-likeness (QED) is 0.278. The van der Waals surface area contributed by atoms with Gasteiger partial charge in [-0.15, -0.1) is 0 Å². The zero-order valence-electron chi connectivity index (χ0n) is 16.8. The molecule has 0 aliphatic carbocycles. The van der Waals surface area contributed by atoms with E-state index in [1.165, 1.54) is 48.5 Å². The molecule has 0 bridgehead atoms. The van der Waals surface area contributed by atoms with Crippen LogP contribution in [0.2, 0.25) is 10.0 Å². The number of nitrogens with zero attached hydrogens (tertiary/aromatic N) is 3. The van der Waals surface area contributed by atoms with Crippen molar-refractivity contribution in [3.8, 4) is 0 Å². The lowest BCUT2D eigenvalue weighted by atomic mass is 10.2. The zero-order chi connectivity index (χ0) is 24.0. The predicted molar refractivity (Wildman–Crippen MR) is 126 cm³/mol. The lowest BCUT2D eigenvalue weighted by Gasteiger charge is -2.24. The van der Waals surface area contributed by atoms with Crippen molar-refractivity contribution in [2.24, 2.45) is 5.10 Å². The van der Waals surface area contributed by atoms with Crippen molar-refractivity contribution < 1.29 is 18.1 Å². The van der Waals surface area contributed by atoms with E-state index in [4.69, 9.17) is 23.2 Å². The molecular weight excluding hydrogens is 491 g/mol. The molecule has 0 saturated heterocycles. The van der Waals surface area contributed by atoms with Crippen LogP contribution < -0.4 is 9.73 Å². The van der Waals surface area contributed by atoms with Crippen LogP contribution in [0.5, 0.6) is 0 Å². The summed E-state index contributed by atoms with van der Waals surface area (Å²) >= 11 is 12.1. The van der Waals surface area contributed by atoms with Crippen LogP contribution >= 0.6 is 23.2 Å². The normalized spacial score (nSPS) is 11.3. The highest BCUT2D eigenvalue weighted by atomic mass is 35.5. The summed E-state index contributed by atoms with van der Waals surface area (Å²) < 4.78 is 27.4. The first-order valence-electron chi connectivity index (χ1n) is 9.28. The first kappa shape index (κ1) is 24.2. The second kappa shape index (κ2) is 10.4. The van der Waals surface area contributed by atoms with E-state index in [0.717, 1.165) is 10.5 Å². The molecule has 0 saturated carbocycles. The maximum atomic E-state index is 13.3. The molecule has 3 aromatic carbocycles. The average molecular weight is 507 g/mol. The van der Waals surface area contributed by atoms with Gasteiger partial charge >= 0.3 is 0 Å². The van der Waals surface area contributed by atoms with Gasteiger partial charge in [-0.1, -0.05) is 53.5 Å². The second-order valence-corrected chi connectivity index (χ2v) is 9.24. The highest BCUT2D eigenvalue weighted by molar-refractivity contribution is 7.92. The molecule has 0 unspecified atom stereocenters. The Labute approximate surface area is 199 Å². The number of nitro groups is 1. The number of hydrogen-bond acceptors (Lipinski definition) is 6. The van der Waals surface area contributed by atoms with Crippen molar-refractivity contribution in [3.63, 3.8) is 0 Å². The molecule has 0 atom stereocenters. The van der Waals surface area contributed by atoms with Gasteiger partial charge < -0.3 is 0 Å². The summed E-state index contributed by atoms with van der Waals surface area (Å²) in [5.41, 5.74) is 2.20. The van der Waals surface area contributed by atoms with Gasteiger partial charge in [0.25, 0.3) is 21.6 Å². The summed E-state index contributed by atoms with van der Waals surface area (Å²) in [6, 6.07) is 17.5. The van der Waals surface area contributed by atoms with Crippen LogP contribution in [-0.4, -0.2) is 32.0 Å². The number of nitrogens with one attached hydrogen (secondary N) is 1. The molecule has 12 heteroatoms. The molecule has 9 nitrogen and oxygen atoms in total. The SMILES string of the molecule is O=C(CN(c1ccc(Cl)cc1Cl)S(=O)(=O)c1ccccc1)N/N=C\c1ccccc1[N+](=O)[O-]. The minimum absolute atomic E-state index is 0.0261. The smallest absolute Gasteiger partial charge is 0.271 e. The minimum atomic E-state index is -4.18. The first-order valence-corrected chi connectivity index (χ1v) is 11.5. The molecule has 1 N–H and O–H groups in total. The summed E-state index contributed by atoms with van der Waals surface area (Å²) in [5, 5.41) is 15.1. The predicted octanol–water partition coefficient (Wildman–Crippen LogP) is 4.25. The monoisotopic (exact) mass is 506 g/mol. The Morgan fingerprint density at radius 3 is 2.39 bits per heavy atom. The molecule has 0 radical (unpaired) electrons. The van der Waals surface area contributed by atoms with Crippen molar-refractivity contribution in [2.45, 2.75) is 4.90 Å². The summed E-state index contributed by atoms with van der Waals surface area (Å²) in [5.74, 6) is -0.796. The lowest BCUT2D eigenvalue weighted by Crippen LogP contribution is -2.39. The molecule has 0 aliphatic heterocycles. The van der Waals surface area contributed by atoms with Gasteiger partial charge in [-0.2, -0.15) is 5.10 Å². The van der Waals surface area contributed by atoms with Gasteiger partial charge in [0.2, 0.25) is 0 Å². The number of hydrogen-bond donors (Lipinski definition) is 1. The molecular formula is C21H16Cl2N4O5S. The number of carbonyl (C=O) groups excluding carboxylic acids is 1. The van der Waals surface area contributed by atoms with Crippen molar-refractivity contribution in [1.29, 1.82) is 0 Å². The standard InChI is InChI=1S/C21H16Cl2N4O5S/c22-16-10-11-20(18(23)12-16)26(33(31,32)17-7-2-1-3-8-17)14-21(28)25-24-13-15-6-4-5-9-19(15)27(29)30/h1-13H,14H2,(H,25,28)/b24-13-. The van der Waals surface area contributed by atoms with Gasteiger partial charge in [-0.3, -0.25) is 19.2 Å². The average Bonchev–Trinajstić information content (AvgIpc) is 2.78. The van der Waals surface area contributed by atoms with E-state index in [0.29, 0.717) is 5.02 Å². The zero-order valence-corrected chi connectivity index (χ0v) is 19.1. The Kier molecular flexibility index (Phi) is 7.64. The highest BCUT2D eigenvalue weighted by Crippen LogP contribution is 2.32. The number of rotatable bonds is 8. The van der Waals surface area contributed by atoms with Gasteiger partial charge in [0.1, 0.15) is 6.54 Å². The lowest BCUT2D eigenvalue weighted by molar-refractivity contribution is -0.385. The number of hydrazone groups is 1. The number of benzene rings is 3. The molecule has 170 valence electrons. The molecule has 0 fully saturated rings. The van der Waals surface area contributed by atoms with Crippen LogP contribution in [0, 0.1) is 10.1 Å². The van der Waals surface area contributed by atoms with Crippen LogP contribution in [0.3, 0.4) is 0 Å². The third-order valence-corrected chi connectivity index (χ3v) is 6.63. The second-order valence-electron chi connectivity index (χ2n) is 6.53. The Bertz CT molecular complexity index is 1320. The Morgan fingerprint density at radius 2 is 1.73 bits per heavy atom. The van der Waals surface area contributed by atoms with E-state index in [2.05, 4.69) is 10.5 Å². The van der Waals surface area contributed by atoms with Gasteiger partial charge in [0, 0.05) is 11.1 Å². The Morgan fingerprint density at radius 1 is 1.06 bits per heavy atom. The molecule has 3 rings (SSSR count). The maximum Gasteiger partial charge on any atom is 0.278 e. The van der Waals surface area contributed by atoms with E-state index in [1.54, 1.807) is 24.3 Å². The van der Waals surface area contributed by atoms with Crippen molar-refractivity contribution in [2.75, 3.05) is 10.8 Å². The number of amides is 1. The fourth-order valence-electron chi connectivity index (χ4n) is 2.81. The van der Waals surface area contributed by atoms with E-state index in [-0.39, 0.29) is 26.9 Å². The number of carbonyl (C=O) groups is 1. The van der Waals surface area contributed by atoms with E-state index in [9.17, 15) is 23.3 Å². The fraction of sp³-hybridized carbons (Fsp3) is 0.0476. The number of para-hydroxylation sites is 1. The van der Waals surface area contributed by atoms with Gasteiger partial charge in [-0.05, 0) is 36.4 Å². The van der Waals surface area contributed by atoms with Gasteiger partial charge in [-0.25, -0.2) is 13.8 Å². The third-order valence-electron chi connectivity index (χ3n) is 4.32. The van der Waals surface area contributed by atoms with E-state index >= 15 is 0 Å². The molecule has 0 aliphatic rings. The van der Waals surface area contributed by atoms with E-state index < -0.39 is 27.4 Å². The van der Waals surface area contributed by atoms with Crippen LogP contribution in [0.15, 0.2) is 82.8 Å². The third kappa shape index (κ3) is 5.86. The van der Waals surface area contributed by atoms with Crippen LogP contribution in [0.25, 0.3) is 0 Å². The number of anilines is 1. The van der Waals surface area contributed by atoms with Crippen molar-refractivity contribution in [1.82, 2.24) is 5.43 Å². The first-order chi connectivity index (χ1) is 15.7. The largest absolute Gasteiger partial charge is 0.278 e. The van der Waals surface area contributed by atoms with Crippen LogP contribution in [-0.2, 0) is 14.8 Å². The van der Waals surface area contributed by atoms with Crippen LogP contribution in [0.4, 0.5) is 11.4 Å². The summed E-state index contributed by atoms with van der Waals surface area (Å²) in [6.07, 6.45) is 1.10. The Balaban J connectivity index is 1.88. The molecule has 33 heavy (non-hydrogen) atoms. The molecule has 0 heterocycles. The molecule has 1 amide bonds. The minimum Gasteiger partial charge on any atom is -0.271 e. The molecule has 0 spiro atoms. The van der Waals surface area contributed by atoms with Crippen molar-refractivity contribution >= 4 is 56.7 Å². The summed E-state index contributed by atoms with van der Waals surface area (Å²) in [6.45, 7) is -0.660. The van der Waals surface area contributed by atoms with Gasteiger partial charge in [0.05, 0.1) is 32.3 Å². The maximum absolute atomic E-state index is 13.3. The fourth-order valence-corrected chi connectivity index (χ4v) is 4.83. The van der Waals surface area contributed by atoms with Crippen LogP contribution in [0.1, 0.15) is 5.56 Å². The number of sulfonamides is 1. The van der Waals surface area contributed by atoms with Gasteiger partial charge in [0.15, 0.2) is 0 Å². The topological polar surface area (TPSA) is 122 Å². The molecule has 3 aromatic rings. The summed E-state index contributed by atoms with van der Waals surface area (Å²) in [7, 11) is -4.18. The Hall–Kier alpha value is -3.47. The van der Waals surface area contributed by atoms with E-state index in [1.807, 2.05) is 0 Å². The molecule has 0 aromatic heterocycles. The summed E-state index contributed by atoms with van der Waals surface area (Å²) in [4.78, 5) is 23.0. The number of halogens is 2.